The van der Waals surface area contributed by atoms with Gasteiger partial charge in [0.1, 0.15) is 18.1 Å². The molecule has 5 aromatic rings. The molecule has 0 saturated heterocycles. The fourth-order valence-corrected chi connectivity index (χ4v) is 5.63. The number of tetrazole rings is 1. The third-order valence-electron chi connectivity index (χ3n) is 7.41. The number of carbonyl (C=O) groups is 1. The average molecular weight is 571 g/mol. The summed E-state index contributed by atoms with van der Waals surface area (Å²) in [6.07, 6.45) is 4.37. The summed E-state index contributed by atoms with van der Waals surface area (Å²) in [5.41, 5.74) is 3.71. The first-order valence-electron chi connectivity index (χ1n) is 13.9. The van der Waals surface area contributed by atoms with Crippen LogP contribution in [0.15, 0.2) is 72.8 Å². The number of ether oxygens (including phenoxy) is 2. The van der Waals surface area contributed by atoms with E-state index in [0.29, 0.717) is 23.1 Å². The predicted octanol–water partition coefficient (Wildman–Crippen LogP) is 6.17. The van der Waals surface area contributed by atoms with E-state index in [2.05, 4.69) is 25.8 Å². The van der Waals surface area contributed by atoms with Crippen LogP contribution in [0.5, 0.6) is 5.75 Å². The van der Waals surface area contributed by atoms with Crippen LogP contribution >= 0.6 is 11.6 Å². The molecule has 1 aliphatic rings. The van der Waals surface area contributed by atoms with E-state index >= 15 is 0 Å². The lowest BCUT2D eigenvalue weighted by molar-refractivity contribution is 0.0518. The number of rotatable bonds is 10. The number of benzene rings is 3. The zero-order valence-electron chi connectivity index (χ0n) is 22.7. The van der Waals surface area contributed by atoms with Gasteiger partial charge in [-0.3, -0.25) is 0 Å². The van der Waals surface area contributed by atoms with Crippen LogP contribution in [-0.2, 0) is 11.3 Å². The molecule has 0 amide bonds. The van der Waals surface area contributed by atoms with Crippen LogP contribution in [0.4, 0.5) is 0 Å². The van der Waals surface area contributed by atoms with Gasteiger partial charge >= 0.3 is 5.97 Å². The summed E-state index contributed by atoms with van der Waals surface area (Å²) in [7, 11) is 0. The molecule has 2 heterocycles. The maximum atomic E-state index is 13.2. The van der Waals surface area contributed by atoms with E-state index in [-0.39, 0.29) is 12.6 Å². The van der Waals surface area contributed by atoms with Crippen LogP contribution in [0.3, 0.4) is 0 Å². The summed E-state index contributed by atoms with van der Waals surface area (Å²) in [5.74, 6) is 0.870. The molecule has 1 atom stereocenters. The molecule has 1 aliphatic carbocycles. The summed E-state index contributed by atoms with van der Waals surface area (Å²) < 4.78 is 13.1. The second-order valence-corrected chi connectivity index (χ2v) is 10.6. The number of hydrogen-bond acceptors (Lipinski definition) is 7. The van der Waals surface area contributed by atoms with E-state index in [1.54, 1.807) is 11.6 Å². The highest BCUT2D eigenvalue weighted by Crippen LogP contribution is 2.35. The molecule has 210 valence electrons. The molecule has 0 aliphatic heterocycles. The molecule has 0 spiro atoms. The van der Waals surface area contributed by atoms with E-state index in [1.807, 2.05) is 72.8 Å². The Morgan fingerprint density at radius 2 is 1.88 bits per heavy atom. The van der Waals surface area contributed by atoms with Crippen molar-refractivity contribution in [1.82, 2.24) is 30.5 Å². The van der Waals surface area contributed by atoms with Crippen LogP contribution < -0.4 is 10.1 Å². The zero-order valence-corrected chi connectivity index (χ0v) is 23.5. The molecule has 1 unspecified atom stereocenters. The van der Waals surface area contributed by atoms with Crippen LogP contribution in [0.2, 0.25) is 5.02 Å². The number of halogens is 1. The monoisotopic (exact) mass is 570 g/mol. The van der Waals surface area contributed by atoms with Crippen molar-refractivity contribution >= 4 is 28.5 Å². The first kappa shape index (κ1) is 27.0. The summed E-state index contributed by atoms with van der Waals surface area (Å²) >= 11 is 6.31. The lowest BCUT2D eigenvalue weighted by Crippen LogP contribution is -2.34. The molecule has 9 nitrogen and oxygen atoms in total. The Bertz CT molecular complexity index is 1630. The highest BCUT2D eigenvalue weighted by molar-refractivity contribution is 6.31. The normalized spacial score (nSPS) is 14.4. The van der Waals surface area contributed by atoms with Crippen molar-refractivity contribution in [3.8, 4) is 11.4 Å². The van der Waals surface area contributed by atoms with E-state index < -0.39 is 12.0 Å². The zero-order chi connectivity index (χ0) is 28.2. The van der Waals surface area contributed by atoms with Crippen molar-refractivity contribution in [3.05, 3.63) is 100 Å². The van der Waals surface area contributed by atoms with Gasteiger partial charge < -0.3 is 19.8 Å². The number of aromatic amines is 1. The smallest absolute Gasteiger partial charge is 0.355 e. The molecular weight excluding hydrogens is 540 g/mol. The van der Waals surface area contributed by atoms with E-state index in [0.717, 1.165) is 59.2 Å². The van der Waals surface area contributed by atoms with Crippen molar-refractivity contribution in [2.45, 2.75) is 51.3 Å². The fraction of sp³-hybridized carbons (Fsp3) is 0.290. The first-order valence-corrected chi connectivity index (χ1v) is 14.3. The minimum Gasteiger partial charge on any atom is -0.489 e. The van der Waals surface area contributed by atoms with Crippen molar-refractivity contribution in [2.75, 3.05) is 6.61 Å². The van der Waals surface area contributed by atoms with Gasteiger partial charge in [-0.2, -0.15) is 4.68 Å². The largest absolute Gasteiger partial charge is 0.489 e. The van der Waals surface area contributed by atoms with Gasteiger partial charge in [0.2, 0.25) is 0 Å². The topological polar surface area (TPSA) is 107 Å². The molecule has 41 heavy (non-hydrogen) atoms. The molecule has 10 heteroatoms. The Hall–Kier alpha value is -4.21. The lowest BCUT2D eigenvalue weighted by Gasteiger charge is -2.23. The quantitative estimate of drug-likeness (QED) is 0.193. The Labute approximate surface area is 242 Å². The van der Waals surface area contributed by atoms with Crippen LogP contribution in [-0.4, -0.2) is 43.8 Å². The average Bonchev–Trinajstić information content (AvgIpc) is 3.76. The summed E-state index contributed by atoms with van der Waals surface area (Å²) in [4.78, 5) is 16.5. The Morgan fingerprint density at radius 1 is 1.10 bits per heavy atom. The molecule has 6 rings (SSSR count). The fourth-order valence-electron chi connectivity index (χ4n) is 5.45. The van der Waals surface area contributed by atoms with Crippen LogP contribution in [0, 0.1) is 0 Å². The van der Waals surface area contributed by atoms with Crippen LogP contribution in [0.1, 0.15) is 66.1 Å². The number of carbonyl (C=O) groups excluding carboxylic acids is 1. The van der Waals surface area contributed by atoms with E-state index in [4.69, 9.17) is 21.1 Å². The third-order valence-corrected chi connectivity index (χ3v) is 7.64. The molecule has 2 aromatic heterocycles. The number of aromatic nitrogens is 5. The maximum absolute atomic E-state index is 13.2. The SMILES string of the molecule is CCOC(=O)c1[nH]c2cc(Cl)ccc2c1C(NC1CCCC1)c1nnnn1-c1ccc(OCc2ccccc2)cc1. The molecule has 3 aromatic carbocycles. The number of esters is 1. The molecule has 2 N–H and O–H groups in total. The maximum Gasteiger partial charge on any atom is 0.355 e. The van der Waals surface area contributed by atoms with Gasteiger partial charge in [-0.15, -0.1) is 5.10 Å². The molecule has 0 radical (unpaired) electrons. The van der Waals surface area contributed by atoms with Gasteiger partial charge in [0, 0.05) is 27.5 Å². The number of nitrogens with one attached hydrogen (secondary N) is 2. The molecule has 1 saturated carbocycles. The molecule has 1 fully saturated rings. The van der Waals surface area contributed by atoms with Crippen molar-refractivity contribution < 1.29 is 14.3 Å². The highest BCUT2D eigenvalue weighted by atomic mass is 35.5. The number of hydrogen-bond donors (Lipinski definition) is 2. The van der Waals surface area contributed by atoms with Gasteiger partial charge in [0.15, 0.2) is 5.82 Å². The van der Waals surface area contributed by atoms with E-state index in [9.17, 15) is 4.79 Å². The van der Waals surface area contributed by atoms with Crippen molar-refractivity contribution in [1.29, 1.82) is 0 Å². The van der Waals surface area contributed by atoms with Crippen LogP contribution in [0.25, 0.3) is 16.6 Å². The number of H-pyrrole nitrogens is 1. The highest BCUT2D eigenvalue weighted by Gasteiger charge is 2.33. The minimum atomic E-state index is -0.489. The third kappa shape index (κ3) is 5.82. The standard InChI is InChI=1S/C31H31ClN6O3/c1-2-40-31(39)29-27(25-17-12-21(32)18-26(25)34-29)28(33-22-10-6-7-11-22)30-35-36-37-38(30)23-13-15-24(16-14-23)41-19-20-8-4-3-5-9-20/h3-5,8-9,12-18,22,28,33-34H,2,6-7,10-11,19H2,1H3. The Morgan fingerprint density at radius 3 is 2.63 bits per heavy atom. The van der Waals surface area contributed by atoms with Gasteiger partial charge in [0.05, 0.1) is 18.3 Å². The Balaban J connectivity index is 1.38. The summed E-state index contributed by atoms with van der Waals surface area (Å²) in [6.45, 7) is 2.52. The second kappa shape index (κ2) is 12.1. The van der Waals surface area contributed by atoms with E-state index in [1.165, 1.54) is 0 Å². The summed E-state index contributed by atoms with van der Waals surface area (Å²) in [6, 6.07) is 23.0. The lowest BCUT2D eigenvalue weighted by atomic mass is 10.00. The first-order chi connectivity index (χ1) is 20.1. The minimum absolute atomic E-state index is 0.256. The molecular formula is C31H31ClN6O3. The number of nitrogens with zero attached hydrogens (tertiary/aromatic N) is 4. The van der Waals surface area contributed by atoms with Crippen molar-refractivity contribution in [2.24, 2.45) is 0 Å². The molecule has 0 bridgehead atoms. The van der Waals surface area contributed by atoms with Gasteiger partial charge in [-0.05, 0) is 72.2 Å². The summed E-state index contributed by atoms with van der Waals surface area (Å²) in [5, 5.41) is 18.1. The van der Waals surface area contributed by atoms with Gasteiger partial charge in [-0.1, -0.05) is 60.8 Å². The second-order valence-electron chi connectivity index (χ2n) is 10.1. The number of fused-ring (bicyclic) bond motifs is 1. The van der Waals surface area contributed by atoms with Gasteiger partial charge in [0.25, 0.3) is 0 Å². The Kier molecular flexibility index (Phi) is 7.98. The van der Waals surface area contributed by atoms with Gasteiger partial charge in [-0.25, -0.2) is 4.79 Å². The van der Waals surface area contributed by atoms with Crippen molar-refractivity contribution in [3.63, 3.8) is 0 Å². The predicted molar refractivity (Wildman–Crippen MR) is 156 cm³/mol.